The summed E-state index contributed by atoms with van der Waals surface area (Å²) in [6.07, 6.45) is 4.86. The molecule has 0 aliphatic carbocycles. The van der Waals surface area contributed by atoms with Crippen molar-refractivity contribution in [1.29, 1.82) is 0 Å². The lowest BCUT2D eigenvalue weighted by molar-refractivity contribution is 0.636. The maximum absolute atomic E-state index is 11.7. The second-order valence-corrected chi connectivity index (χ2v) is 3.49. The fraction of sp³-hybridized carbons (Fsp3) is 0.455. The second-order valence-electron chi connectivity index (χ2n) is 3.49. The molecule has 0 aliphatic rings. The summed E-state index contributed by atoms with van der Waals surface area (Å²) in [7, 11) is 1.50. The molecule has 0 saturated carbocycles. The number of nitrogens with zero attached hydrogens (tertiary/aromatic N) is 2. The third-order valence-electron chi connectivity index (χ3n) is 2.27. The highest BCUT2D eigenvalue weighted by molar-refractivity contribution is 5.06. The molecule has 0 amide bonds. The third kappa shape index (κ3) is 2.26. The number of allylic oxidation sites excluding steroid dienone is 1. The van der Waals surface area contributed by atoms with E-state index in [4.69, 9.17) is 0 Å². The van der Waals surface area contributed by atoms with Crippen LogP contribution in [0.25, 0.3) is 0 Å². The van der Waals surface area contributed by atoms with Gasteiger partial charge in [0.1, 0.15) is 0 Å². The van der Waals surface area contributed by atoms with Crippen molar-refractivity contribution >= 4 is 0 Å². The first kappa shape index (κ1) is 11.5. The second kappa shape index (κ2) is 4.77. The Labute approximate surface area is 88.5 Å². The van der Waals surface area contributed by atoms with Crippen molar-refractivity contribution in [3.05, 3.63) is 45.3 Å². The molecule has 0 radical (unpaired) electrons. The first-order valence-electron chi connectivity index (χ1n) is 5.02. The average Bonchev–Trinajstić information content (AvgIpc) is 2.22. The van der Waals surface area contributed by atoms with Crippen molar-refractivity contribution in [3.8, 4) is 0 Å². The van der Waals surface area contributed by atoms with Gasteiger partial charge in [-0.3, -0.25) is 13.9 Å². The Morgan fingerprint density at radius 2 is 2.13 bits per heavy atom. The summed E-state index contributed by atoms with van der Waals surface area (Å²) < 4.78 is 2.65. The Balaban J connectivity index is 3.38. The summed E-state index contributed by atoms with van der Waals surface area (Å²) in [6.45, 7) is 6.01. The maximum Gasteiger partial charge on any atom is 0.331 e. The highest BCUT2D eigenvalue weighted by Gasteiger charge is 2.06. The third-order valence-corrected chi connectivity index (χ3v) is 2.27. The van der Waals surface area contributed by atoms with Crippen molar-refractivity contribution in [2.75, 3.05) is 0 Å². The summed E-state index contributed by atoms with van der Waals surface area (Å²) in [6, 6.07) is 0. The normalized spacial score (nSPS) is 10.3. The van der Waals surface area contributed by atoms with E-state index in [9.17, 15) is 9.59 Å². The van der Waals surface area contributed by atoms with E-state index in [1.165, 1.54) is 11.6 Å². The van der Waals surface area contributed by atoms with Crippen molar-refractivity contribution in [3.63, 3.8) is 0 Å². The number of aromatic nitrogens is 2. The predicted octanol–water partition coefficient (Wildman–Crippen LogP) is 0.685. The lowest BCUT2D eigenvalue weighted by Gasteiger charge is -2.07. The molecule has 4 nitrogen and oxygen atoms in total. The fourth-order valence-electron chi connectivity index (χ4n) is 1.50. The molecule has 0 aromatic carbocycles. The fourth-order valence-corrected chi connectivity index (χ4v) is 1.50. The Kier molecular flexibility index (Phi) is 3.66. The lowest BCUT2D eigenvalue weighted by atomic mass is 10.2. The minimum absolute atomic E-state index is 0.192. The van der Waals surface area contributed by atoms with Gasteiger partial charge in [0.15, 0.2) is 0 Å². The molecular weight excluding hydrogens is 192 g/mol. The highest BCUT2D eigenvalue weighted by Crippen LogP contribution is 1.94. The molecule has 1 rings (SSSR count). The molecule has 0 bridgehead atoms. The van der Waals surface area contributed by atoms with Crippen LogP contribution in [-0.4, -0.2) is 9.13 Å². The van der Waals surface area contributed by atoms with Gasteiger partial charge in [0.05, 0.1) is 0 Å². The quantitative estimate of drug-likeness (QED) is 0.683. The van der Waals surface area contributed by atoms with Crippen LogP contribution in [-0.2, 0) is 20.0 Å². The van der Waals surface area contributed by atoms with Gasteiger partial charge >= 0.3 is 5.69 Å². The summed E-state index contributed by atoms with van der Waals surface area (Å²) in [5.41, 5.74) is 0.198. The molecule has 0 fully saturated rings. The standard InChI is InChI=1S/C11H16N2O2/c1-4-6-9-8-13(7-5-2)11(15)12(3)10(9)14/h5,8H,2,4,6-7H2,1,3H3. The van der Waals surface area contributed by atoms with Gasteiger partial charge < -0.3 is 0 Å². The van der Waals surface area contributed by atoms with E-state index >= 15 is 0 Å². The molecule has 0 aliphatic heterocycles. The Hall–Kier alpha value is -1.58. The molecule has 0 spiro atoms. The van der Waals surface area contributed by atoms with E-state index in [0.717, 1.165) is 11.0 Å². The molecule has 0 unspecified atom stereocenters. The molecule has 15 heavy (non-hydrogen) atoms. The van der Waals surface area contributed by atoms with Gasteiger partial charge in [-0.25, -0.2) is 4.79 Å². The molecule has 1 aromatic heterocycles. The summed E-state index contributed by atoms with van der Waals surface area (Å²) in [5, 5.41) is 0. The van der Waals surface area contributed by atoms with Gasteiger partial charge in [0, 0.05) is 25.4 Å². The van der Waals surface area contributed by atoms with E-state index in [1.54, 1.807) is 12.3 Å². The van der Waals surface area contributed by atoms with Crippen LogP contribution in [0.3, 0.4) is 0 Å². The molecule has 0 N–H and O–H groups in total. The zero-order valence-electron chi connectivity index (χ0n) is 9.19. The SMILES string of the molecule is C=CCn1cc(CCC)c(=O)n(C)c1=O. The first-order chi connectivity index (χ1) is 7.11. The van der Waals surface area contributed by atoms with Gasteiger partial charge in [-0.05, 0) is 6.42 Å². The zero-order chi connectivity index (χ0) is 11.4. The predicted molar refractivity (Wildman–Crippen MR) is 60.1 cm³/mol. The largest absolute Gasteiger partial charge is 0.331 e. The van der Waals surface area contributed by atoms with Crippen molar-refractivity contribution < 1.29 is 0 Å². The van der Waals surface area contributed by atoms with Crippen molar-refractivity contribution in [2.45, 2.75) is 26.3 Å². The lowest BCUT2D eigenvalue weighted by Crippen LogP contribution is -2.39. The minimum atomic E-state index is -0.292. The average molecular weight is 208 g/mol. The molecule has 82 valence electrons. The molecule has 1 heterocycles. The zero-order valence-corrected chi connectivity index (χ0v) is 9.19. The van der Waals surface area contributed by atoms with E-state index in [-0.39, 0.29) is 11.2 Å². The number of aryl methyl sites for hydroxylation is 1. The van der Waals surface area contributed by atoms with E-state index in [0.29, 0.717) is 18.5 Å². The van der Waals surface area contributed by atoms with Gasteiger partial charge in [-0.15, -0.1) is 6.58 Å². The molecule has 4 heteroatoms. The summed E-state index contributed by atoms with van der Waals surface area (Å²) >= 11 is 0. The maximum atomic E-state index is 11.7. The van der Waals surface area contributed by atoms with Crippen LogP contribution in [0.4, 0.5) is 0 Å². The van der Waals surface area contributed by atoms with Gasteiger partial charge in [-0.1, -0.05) is 19.4 Å². The molecule has 1 aromatic rings. The van der Waals surface area contributed by atoms with Crippen LogP contribution in [0.15, 0.2) is 28.4 Å². The summed E-state index contributed by atoms with van der Waals surface area (Å²) in [4.78, 5) is 23.3. The van der Waals surface area contributed by atoms with Crippen LogP contribution in [0.1, 0.15) is 18.9 Å². The smallest absolute Gasteiger partial charge is 0.296 e. The van der Waals surface area contributed by atoms with E-state index < -0.39 is 0 Å². The monoisotopic (exact) mass is 208 g/mol. The molecular formula is C11H16N2O2. The minimum Gasteiger partial charge on any atom is -0.296 e. The Bertz CT molecular complexity index is 468. The van der Waals surface area contributed by atoms with Crippen molar-refractivity contribution in [2.24, 2.45) is 7.05 Å². The van der Waals surface area contributed by atoms with Crippen LogP contribution >= 0.6 is 0 Å². The van der Waals surface area contributed by atoms with Crippen LogP contribution < -0.4 is 11.2 Å². The van der Waals surface area contributed by atoms with Crippen LogP contribution in [0.5, 0.6) is 0 Å². The van der Waals surface area contributed by atoms with Gasteiger partial charge in [-0.2, -0.15) is 0 Å². The topological polar surface area (TPSA) is 44.0 Å². The van der Waals surface area contributed by atoms with Crippen LogP contribution in [0.2, 0.25) is 0 Å². The van der Waals surface area contributed by atoms with Crippen molar-refractivity contribution in [1.82, 2.24) is 9.13 Å². The highest BCUT2D eigenvalue weighted by atomic mass is 16.2. The number of hydrogen-bond donors (Lipinski definition) is 0. The molecule has 0 atom stereocenters. The van der Waals surface area contributed by atoms with Gasteiger partial charge in [0.2, 0.25) is 0 Å². The first-order valence-corrected chi connectivity index (χ1v) is 5.02. The Morgan fingerprint density at radius 3 is 2.67 bits per heavy atom. The molecule has 0 saturated heterocycles. The van der Waals surface area contributed by atoms with Gasteiger partial charge in [0.25, 0.3) is 5.56 Å². The Morgan fingerprint density at radius 1 is 1.47 bits per heavy atom. The van der Waals surface area contributed by atoms with E-state index in [1.807, 2.05) is 6.92 Å². The van der Waals surface area contributed by atoms with Crippen LogP contribution in [0, 0.1) is 0 Å². The van der Waals surface area contributed by atoms with E-state index in [2.05, 4.69) is 6.58 Å². The number of hydrogen-bond acceptors (Lipinski definition) is 2. The summed E-state index contributed by atoms with van der Waals surface area (Å²) in [5.74, 6) is 0. The number of rotatable bonds is 4.